The number of phenols is 1. The van der Waals surface area contributed by atoms with Crippen LogP contribution >= 0.6 is 0 Å². The average molecular weight is 362 g/mol. The molecule has 0 aliphatic heterocycles. The zero-order chi connectivity index (χ0) is 20.4. The van der Waals surface area contributed by atoms with Crippen LogP contribution in [0, 0.1) is 45.3 Å². The summed E-state index contributed by atoms with van der Waals surface area (Å²) in [7, 11) is 4.29. The maximum atomic E-state index is 9.21. The SMILES string of the molecule is COc1ccc(O)c(C#N)c1C#N.COc1ccc(OC)c(C#N)c1C#N. The number of nitriles is 4. The van der Waals surface area contributed by atoms with Crippen molar-refractivity contribution in [3.05, 3.63) is 46.5 Å². The first kappa shape index (κ1) is 20.6. The quantitative estimate of drug-likeness (QED) is 0.877. The van der Waals surface area contributed by atoms with E-state index < -0.39 is 0 Å². The van der Waals surface area contributed by atoms with Gasteiger partial charge in [0.2, 0.25) is 0 Å². The minimum Gasteiger partial charge on any atom is -0.507 e. The molecule has 2 rings (SSSR count). The van der Waals surface area contributed by atoms with E-state index in [0.29, 0.717) is 11.5 Å². The molecular formula is C19H14N4O4. The summed E-state index contributed by atoms with van der Waals surface area (Å²) in [5.41, 5.74) is 0.413. The highest BCUT2D eigenvalue weighted by Crippen LogP contribution is 2.29. The van der Waals surface area contributed by atoms with Crippen LogP contribution in [0.2, 0.25) is 0 Å². The van der Waals surface area contributed by atoms with Crippen molar-refractivity contribution in [2.45, 2.75) is 0 Å². The molecule has 0 aliphatic rings. The van der Waals surface area contributed by atoms with Crippen molar-refractivity contribution in [1.29, 1.82) is 21.0 Å². The van der Waals surface area contributed by atoms with E-state index in [0.717, 1.165) is 0 Å². The number of hydrogen-bond donors (Lipinski definition) is 1. The van der Waals surface area contributed by atoms with Crippen LogP contribution in [-0.2, 0) is 0 Å². The minimum atomic E-state index is -0.208. The van der Waals surface area contributed by atoms with Gasteiger partial charge in [0, 0.05) is 0 Å². The maximum absolute atomic E-state index is 9.21. The second-order valence-corrected chi connectivity index (χ2v) is 4.70. The van der Waals surface area contributed by atoms with Gasteiger partial charge in [0.25, 0.3) is 0 Å². The molecule has 2 aromatic rings. The molecule has 0 fully saturated rings. The lowest BCUT2D eigenvalue weighted by molar-refractivity contribution is 0.401. The van der Waals surface area contributed by atoms with E-state index in [1.54, 1.807) is 24.3 Å². The molecule has 8 nitrogen and oxygen atoms in total. The van der Waals surface area contributed by atoms with Crippen LogP contribution < -0.4 is 14.2 Å². The van der Waals surface area contributed by atoms with E-state index in [2.05, 4.69) is 0 Å². The van der Waals surface area contributed by atoms with Crippen LogP contribution in [0.15, 0.2) is 24.3 Å². The zero-order valence-electron chi connectivity index (χ0n) is 14.8. The molecule has 8 heteroatoms. The van der Waals surface area contributed by atoms with E-state index in [1.807, 2.05) is 12.1 Å². The number of ether oxygens (including phenoxy) is 3. The minimum absolute atomic E-state index is 0.0538. The van der Waals surface area contributed by atoms with Crippen LogP contribution in [-0.4, -0.2) is 26.4 Å². The van der Waals surface area contributed by atoms with Gasteiger partial charge in [-0.2, -0.15) is 21.0 Å². The Bertz CT molecular complexity index is 964. The summed E-state index contributed by atoms with van der Waals surface area (Å²) < 4.78 is 14.7. The second kappa shape index (κ2) is 9.79. The van der Waals surface area contributed by atoms with Crippen molar-refractivity contribution in [1.82, 2.24) is 0 Å². The largest absolute Gasteiger partial charge is 0.507 e. The highest BCUT2D eigenvalue weighted by Gasteiger charge is 2.14. The van der Waals surface area contributed by atoms with E-state index >= 15 is 0 Å². The number of phenolic OH excluding ortho intramolecular Hbond substituents is 1. The van der Waals surface area contributed by atoms with E-state index in [1.165, 1.54) is 33.5 Å². The molecule has 0 unspecified atom stereocenters. The van der Waals surface area contributed by atoms with Crippen LogP contribution in [0.3, 0.4) is 0 Å². The molecule has 0 atom stereocenters. The molecular weight excluding hydrogens is 348 g/mol. The van der Waals surface area contributed by atoms with Gasteiger partial charge in [0.05, 0.1) is 21.3 Å². The third-order valence-corrected chi connectivity index (χ3v) is 3.38. The Morgan fingerprint density at radius 1 is 0.593 bits per heavy atom. The number of nitrogens with zero attached hydrogens (tertiary/aromatic N) is 4. The first-order valence-corrected chi connectivity index (χ1v) is 7.28. The van der Waals surface area contributed by atoms with Crippen molar-refractivity contribution >= 4 is 0 Å². The molecule has 0 aliphatic carbocycles. The average Bonchev–Trinajstić information content (AvgIpc) is 2.72. The number of benzene rings is 2. The van der Waals surface area contributed by atoms with Gasteiger partial charge in [-0.1, -0.05) is 0 Å². The predicted molar refractivity (Wildman–Crippen MR) is 93.1 cm³/mol. The predicted octanol–water partition coefficient (Wildman–Crippen LogP) is 2.59. The van der Waals surface area contributed by atoms with Crippen molar-refractivity contribution in [2.75, 3.05) is 21.3 Å². The molecule has 0 saturated heterocycles. The number of rotatable bonds is 3. The molecule has 0 radical (unpaired) electrons. The van der Waals surface area contributed by atoms with Crippen molar-refractivity contribution < 1.29 is 19.3 Å². The summed E-state index contributed by atoms with van der Waals surface area (Å²) in [6, 6.07) is 13.3. The van der Waals surface area contributed by atoms with Gasteiger partial charge in [0.15, 0.2) is 0 Å². The Morgan fingerprint density at radius 3 is 1.19 bits per heavy atom. The van der Waals surface area contributed by atoms with Gasteiger partial charge in [0.1, 0.15) is 69.5 Å². The number of hydrogen-bond acceptors (Lipinski definition) is 8. The third-order valence-electron chi connectivity index (χ3n) is 3.38. The Hall–Kier alpha value is -4.40. The zero-order valence-corrected chi connectivity index (χ0v) is 14.8. The summed E-state index contributed by atoms with van der Waals surface area (Å²) >= 11 is 0. The van der Waals surface area contributed by atoms with E-state index in [-0.39, 0.29) is 33.8 Å². The molecule has 0 amide bonds. The lowest BCUT2D eigenvalue weighted by Gasteiger charge is -2.07. The number of methoxy groups -OCH3 is 3. The van der Waals surface area contributed by atoms with E-state index in [9.17, 15) is 5.11 Å². The Morgan fingerprint density at radius 2 is 0.889 bits per heavy atom. The summed E-state index contributed by atoms with van der Waals surface area (Å²) in [5.74, 6) is 0.839. The fraction of sp³-hybridized carbons (Fsp3) is 0.158. The van der Waals surface area contributed by atoms with Crippen LogP contribution in [0.25, 0.3) is 0 Å². The summed E-state index contributed by atoms with van der Waals surface area (Å²) in [6.45, 7) is 0. The fourth-order valence-electron chi connectivity index (χ4n) is 2.09. The summed E-state index contributed by atoms with van der Waals surface area (Å²) in [5, 5.41) is 44.2. The van der Waals surface area contributed by atoms with Crippen molar-refractivity contribution in [3.63, 3.8) is 0 Å². The lowest BCUT2D eigenvalue weighted by Crippen LogP contribution is -1.95. The van der Waals surface area contributed by atoms with Gasteiger partial charge in [-0.25, -0.2) is 0 Å². The molecule has 134 valence electrons. The highest BCUT2D eigenvalue weighted by molar-refractivity contribution is 5.61. The van der Waals surface area contributed by atoms with E-state index in [4.69, 9.17) is 35.3 Å². The number of aromatic hydroxyl groups is 1. The van der Waals surface area contributed by atoms with Gasteiger partial charge in [-0.05, 0) is 24.3 Å². The molecule has 27 heavy (non-hydrogen) atoms. The van der Waals surface area contributed by atoms with Gasteiger partial charge in [-0.3, -0.25) is 0 Å². The molecule has 0 bridgehead atoms. The van der Waals surface area contributed by atoms with Crippen molar-refractivity contribution in [3.8, 4) is 47.3 Å². The molecule has 2 aromatic carbocycles. The van der Waals surface area contributed by atoms with Gasteiger partial charge >= 0.3 is 0 Å². The standard InChI is InChI=1S/C10H8N2O2.C9H6N2O2/c1-13-9-3-4-10(14-2)8(6-12)7(9)5-11;1-13-9-3-2-8(12)6(4-10)7(9)5-11/h3-4H,1-2H3;2-3,12H,1H3. The van der Waals surface area contributed by atoms with Gasteiger partial charge in [-0.15, -0.1) is 0 Å². The first-order valence-electron chi connectivity index (χ1n) is 7.28. The Labute approximate surface area is 156 Å². The third kappa shape index (κ3) is 4.37. The molecule has 0 aromatic heterocycles. The molecule has 0 heterocycles. The normalized spacial score (nSPS) is 8.56. The Balaban J connectivity index is 0.000000271. The molecule has 0 saturated carbocycles. The summed E-state index contributed by atoms with van der Waals surface area (Å²) in [4.78, 5) is 0. The monoisotopic (exact) mass is 362 g/mol. The van der Waals surface area contributed by atoms with Gasteiger partial charge < -0.3 is 19.3 Å². The Kier molecular flexibility index (Phi) is 7.48. The topological polar surface area (TPSA) is 143 Å². The summed E-state index contributed by atoms with van der Waals surface area (Å²) in [6.07, 6.45) is 0. The molecule has 0 spiro atoms. The lowest BCUT2D eigenvalue weighted by atomic mass is 10.1. The maximum Gasteiger partial charge on any atom is 0.138 e. The van der Waals surface area contributed by atoms with Crippen LogP contribution in [0.1, 0.15) is 22.3 Å². The molecule has 1 N–H and O–H groups in total. The first-order chi connectivity index (χ1) is 13.0. The highest BCUT2D eigenvalue weighted by atomic mass is 16.5. The van der Waals surface area contributed by atoms with Crippen molar-refractivity contribution in [2.24, 2.45) is 0 Å². The van der Waals surface area contributed by atoms with Crippen LogP contribution in [0.5, 0.6) is 23.0 Å². The fourth-order valence-corrected chi connectivity index (χ4v) is 2.09. The smallest absolute Gasteiger partial charge is 0.138 e. The van der Waals surface area contributed by atoms with Crippen LogP contribution in [0.4, 0.5) is 0 Å². The second-order valence-electron chi connectivity index (χ2n) is 4.70.